The Balaban J connectivity index is 2.15. The van der Waals surface area contributed by atoms with E-state index in [4.69, 9.17) is 5.73 Å². The zero-order valence-corrected chi connectivity index (χ0v) is 19.9. The molecule has 40 heavy (non-hydrogen) atoms. The Morgan fingerprint density at radius 3 is 0.925 bits per heavy atom. The number of anilines is 1. The van der Waals surface area contributed by atoms with Gasteiger partial charge in [0.25, 0.3) is 0 Å². The van der Waals surface area contributed by atoms with Crippen LogP contribution in [0.15, 0.2) is 0 Å². The molecule has 3 aromatic carbocycles. The van der Waals surface area contributed by atoms with Gasteiger partial charge in [0, 0.05) is 5.56 Å². The number of aromatic nitrogens is 4. The van der Waals surface area contributed by atoms with Crippen LogP contribution in [0.4, 0.5) is 5.69 Å². The van der Waals surface area contributed by atoms with Crippen LogP contribution in [0.2, 0.25) is 0 Å². The van der Waals surface area contributed by atoms with Gasteiger partial charge in [-0.25, -0.2) is 19.9 Å². The third kappa shape index (κ3) is 2.87. The van der Waals surface area contributed by atoms with Crippen LogP contribution >= 0.6 is 0 Å². The van der Waals surface area contributed by atoms with Crippen LogP contribution in [0.1, 0.15) is 50.1 Å². The van der Waals surface area contributed by atoms with E-state index >= 15 is 0 Å². The summed E-state index contributed by atoms with van der Waals surface area (Å²) < 4.78 is 0. The largest absolute Gasteiger partial charge is 0.397 e. The summed E-state index contributed by atoms with van der Waals surface area (Å²) in [6.45, 7) is 1.58. The van der Waals surface area contributed by atoms with Crippen molar-refractivity contribution in [2.75, 3.05) is 5.73 Å². The van der Waals surface area contributed by atoms with Gasteiger partial charge in [-0.15, -0.1) is 0 Å². The van der Waals surface area contributed by atoms with Crippen molar-refractivity contribution in [3.63, 3.8) is 0 Å². The lowest BCUT2D eigenvalue weighted by Crippen LogP contribution is -2.06. The van der Waals surface area contributed by atoms with Crippen LogP contribution in [0, 0.1) is 97.6 Å². The molecule has 0 saturated heterocycles. The van der Waals surface area contributed by atoms with Gasteiger partial charge in [-0.1, -0.05) is 0 Å². The Labute approximate surface area is 223 Å². The third-order valence-electron chi connectivity index (χ3n) is 6.37. The van der Waals surface area contributed by atoms with Crippen LogP contribution in [0.3, 0.4) is 0 Å². The van der Waals surface area contributed by atoms with E-state index in [1.54, 1.807) is 31.2 Å². The normalized spacial score (nSPS) is 10.0. The highest BCUT2D eigenvalue weighted by atomic mass is 14.9. The predicted molar refractivity (Wildman–Crippen MR) is 135 cm³/mol. The summed E-state index contributed by atoms with van der Waals surface area (Å²) in [7, 11) is 0. The predicted octanol–water partition coefficient (Wildman–Crippen LogP) is 2.74. The summed E-state index contributed by atoms with van der Waals surface area (Å²) in [6.07, 6.45) is 0. The van der Waals surface area contributed by atoms with E-state index < -0.39 is 0 Å². The molecule has 5 rings (SSSR count). The molecule has 0 bridgehead atoms. The molecular weight excluding hydrogens is 506 g/mol. The van der Waals surface area contributed by atoms with Crippen LogP contribution in [-0.2, 0) is 0 Å². The topological polar surface area (TPSA) is 268 Å². The number of benzene rings is 3. The summed E-state index contributed by atoms with van der Waals surface area (Å²) in [5.74, 6) is 0. The Bertz CT molecular complexity index is 2260. The smallest absolute Gasteiger partial charge is 0.119 e. The lowest BCUT2D eigenvalue weighted by molar-refractivity contribution is 1.29. The molecule has 0 saturated carbocycles. The number of rotatable bonds is 0. The summed E-state index contributed by atoms with van der Waals surface area (Å²) >= 11 is 0. The van der Waals surface area contributed by atoms with Gasteiger partial charge in [0.15, 0.2) is 0 Å². The lowest BCUT2D eigenvalue weighted by Gasteiger charge is -2.14. The summed E-state index contributed by atoms with van der Waals surface area (Å²) in [4.78, 5) is 18.0. The Kier molecular flexibility index (Phi) is 5.22. The molecule has 0 aliphatic carbocycles. The average molecular weight is 511 g/mol. The summed E-state index contributed by atoms with van der Waals surface area (Å²) in [5, 5.41) is 77.9. The zero-order valence-electron chi connectivity index (χ0n) is 19.9. The monoisotopic (exact) mass is 511 g/mol. The maximum atomic E-state index is 9.86. The Morgan fingerprint density at radius 1 is 0.375 bits per heavy atom. The van der Waals surface area contributed by atoms with Crippen LogP contribution in [-0.4, -0.2) is 19.9 Å². The van der Waals surface area contributed by atoms with Crippen molar-refractivity contribution >= 4 is 49.8 Å². The number of aryl methyl sites for hydroxylation is 1. The van der Waals surface area contributed by atoms with Crippen molar-refractivity contribution in [2.24, 2.45) is 0 Å². The van der Waals surface area contributed by atoms with Crippen molar-refractivity contribution in [2.45, 2.75) is 6.92 Å². The highest BCUT2D eigenvalue weighted by Crippen LogP contribution is 2.37. The third-order valence-corrected chi connectivity index (χ3v) is 6.37. The van der Waals surface area contributed by atoms with Crippen molar-refractivity contribution in [1.29, 1.82) is 42.1 Å². The molecule has 0 unspecified atom stereocenters. The van der Waals surface area contributed by atoms with E-state index in [0.717, 1.165) is 0 Å². The van der Waals surface area contributed by atoms with Gasteiger partial charge in [0.05, 0.1) is 55.7 Å². The molecule has 13 nitrogen and oxygen atoms in total. The first-order valence-electron chi connectivity index (χ1n) is 10.9. The van der Waals surface area contributed by atoms with Crippen molar-refractivity contribution < 1.29 is 0 Å². The number of nitrogens with zero attached hydrogens (tertiary/aromatic N) is 12. The lowest BCUT2D eigenvalue weighted by atomic mass is 9.95. The van der Waals surface area contributed by atoms with Crippen LogP contribution in [0.5, 0.6) is 0 Å². The van der Waals surface area contributed by atoms with Gasteiger partial charge in [-0.3, -0.25) is 0 Å². The van der Waals surface area contributed by atoms with E-state index in [9.17, 15) is 42.1 Å². The minimum Gasteiger partial charge on any atom is -0.397 e. The number of fused-ring (bicyclic) bond motifs is 5. The van der Waals surface area contributed by atoms with Gasteiger partial charge < -0.3 is 5.73 Å². The molecule has 2 heterocycles. The fourth-order valence-corrected chi connectivity index (χ4v) is 4.51. The first-order chi connectivity index (χ1) is 19.3. The number of hydrogen-bond acceptors (Lipinski definition) is 13. The molecule has 0 amide bonds. The van der Waals surface area contributed by atoms with Crippen molar-refractivity contribution in [3.8, 4) is 48.6 Å². The first kappa shape index (κ1) is 24.3. The van der Waals surface area contributed by atoms with Gasteiger partial charge in [-0.2, -0.15) is 42.1 Å². The van der Waals surface area contributed by atoms with E-state index in [1.807, 2.05) is 24.3 Å². The molecule has 0 aliphatic heterocycles. The van der Waals surface area contributed by atoms with Gasteiger partial charge in [0.2, 0.25) is 0 Å². The second kappa shape index (κ2) is 8.61. The van der Waals surface area contributed by atoms with Crippen LogP contribution in [0.25, 0.3) is 44.1 Å². The highest BCUT2D eigenvalue weighted by Gasteiger charge is 2.27. The fraction of sp³-hybridized carbons (Fsp3) is 0.0370. The van der Waals surface area contributed by atoms with Gasteiger partial charge >= 0.3 is 0 Å². The Morgan fingerprint density at radius 2 is 0.625 bits per heavy atom. The molecule has 2 N–H and O–H groups in total. The number of hydrogen-bond donors (Lipinski definition) is 1. The standard InChI is InChI=1S/C27H5N13/c1-10-19(36)25-27(40-24-18(9-35)14(5-31)12(3-29)16(7-33)22(24)38-25)26-20(10)37-21-15(6-32)11(2-28)13(4-30)17(8-34)23(21)39-26/h36H2,1H3. The second-order valence-electron chi connectivity index (χ2n) is 8.17. The molecule has 0 fully saturated rings. The number of nitriles is 8. The summed E-state index contributed by atoms with van der Waals surface area (Å²) in [6, 6.07) is 14.5. The maximum Gasteiger partial charge on any atom is 0.119 e. The summed E-state index contributed by atoms with van der Waals surface area (Å²) in [5.41, 5.74) is 3.99. The maximum absolute atomic E-state index is 9.86. The van der Waals surface area contributed by atoms with Crippen LogP contribution < -0.4 is 5.73 Å². The quantitative estimate of drug-likeness (QED) is 0.178. The number of nitrogen functional groups attached to an aromatic ring is 1. The average Bonchev–Trinajstić information content (AvgIpc) is 2.99. The molecule has 5 aromatic rings. The molecule has 178 valence electrons. The van der Waals surface area contributed by atoms with E-state index in [-0.39, 0.29) is 94.3 Å². The molecule has 13 heteroatoms. The fourth-order valence-electron chi connectivity index (χ4n) is 4.51. The first-order valence-corrected chi connectivity index (χ1v) is 10.9. The molecule has 0 spiro atoms. The zero-order chi connectivity index (χ0) is 28.9. The molecular formula is C27H5N13. The van der Waals surface area contributed by atoms with E-state index in [0.29, 0.717) is 5.56 Å². The highest BCUT2D eigenvalue weighted by molar-refractivity contribution is 6.13. The van der Waals surface area contributed by atoms with Gasteiger partial charge in [0.1, 0.15) is 87.2 Å². The second-order valence-corrected chi connectivity index (χ2v) is 8.17. The molecule has 0 radical (unpaired) electrons. The van der Waals surface area contributed by atoms with Crippen molar-refractivity contribution in [3.05, 3.63) is 50.1 Å². The van der Waals surface area contributed by atoms with Gasteiger partial charge in [-0.05, 0) is 6.92 Å². The minimum absolute atomic E-state index is 0.0146. The van der Waals surface area contributed by atoms with Crippen molar-refractivity contribution in [1.82, 2.24) is 19.9 Å². The van der Waals surface area contributed by atoms with E-state index in [2.05, 4.69) is 19.9 Å². The minimum atomic E-state index is -0.350. The SMILES string of the molecule is Cc1c(N)c2nc3c(C#N)c(C#N)c(C#N)c(C#N)c3nc2c2nc3c(C#N)c(C#N)c(C#N)c(C#N)c3nc12. The van der Waals surface area contributed by atoms with E-state index in [1.165, 1.54) is 0 Å². The molecule has 0 atom stereocenters. The molecule has 0 aliphatic rings. The Hall–Kier alpha value is -7.42. The number of nitrogens with two attached hydrogens (primary N) is 1. The molecule has 2 aromatic heterocycles.